The smallest absolute Gasteiger partial charge is 0.325 e. The van der Waals surface area contributed by atoms with E-state index in [1.165, 1.54) is 15.8 Å². The molecule has 1 saturated heterocycles. The second-order valence-electron chi connectivity index (χ2n) is 14.6. The number of halogens is 4. The normalized spacial score (nSPS) is 15.1. The second-order valence-corrected chi connectivity index (χ2v) is 15.0. The Morgan fingerprint density at radius 1 is 0.951 bits per heavy atom. The highest BCUT2D eigenvalue weighted by Crippen LogP contribution is 2.33. The highest BCUT2D eigenvalue weighted by atomic mass is 35.5. The number of imide groups is 1. The number of rotatable bonds is 13. The molecule has 18 nitrogen and oxygen atoms in total. The number of anilines is 3. The van der Waals surface area contributed by atoms with Gasteiger partial charge in [-0.3, -0.25) is 38.4 Å². The number of unbranched alkanes of at least 4 members (excludes halogenated alkanes) is 1. The van der Waals surface area contributed by atoms with E-state index in [0.29, 0.717) is 59.2 Å². The van der Waals surface area contributed by atoms with Gasteiger partial charge in [0.2, 0.25) is 23.7 Å². The highest BCUT2D eigenvalue weighted by molar-refractivity contribution is 6.34. The number of benzene rings is 3. The lowest BCUT2D eigenvalue weighted by molar-refractivity contribution is -0.137. The van der Waals surface area contributed by atoms with Crippen molar-refractivity contribution in [2.24, 2.45) is 7.05 Å². The fraction of sp³-hybridized carbons (Fsp3) is 0.282. The first-order valence-corrected chi connectivity index (χ1v) is 19.3. The molecule has 1 fully saturated rings. The van der Waals surface area contributed by atoms with Gasteiger partial charge >= 0.3 is 11.4 Å². The number of piperidine rings is 1. The number of nitrogens with one attached hydrogen (secondary N) is 3. The van der Waals surface area contributed by atoms with Crippen molar-refractivity contribution in [2.75, 3.05) is 10.6 Å². The Morgan fingerprint density at radius 3 is 2.56 bits per heavy atom. The van der Waals surface area contributed by atoms with Crippen molar-refractivity contribution in [1.29, 1.82) is 0 Å². The third-order valence-electron chi connectivity index (χ3n) is 10.3. The summed E-state index contributed by atoms with van der Waals surface area (Å²) in [5.74, 6) is -5.94. The lowest BCUT2D eigenvalue weighted by atomic mass is 10.0. The maximum atomic E-state index is 14.9. The van der Waals surface area contributed by atoms with Crippen LogP contribution >= 0.6 is 11.6 Å². The van der Waals surface area contributed by atoms with Gasteiger partial charge < -0.3 is 15.5 Å². The summed E-state index contributed by atoms with van der Waals surface area (Å²) in [6, 6.07) is 8.38. The molecule has 0 spiro atoms. The topological polar surface area (TPSA) is 213 Å². The van der Waals surface area contributed by atoms with Crippen molar-refractivity contribution in [2.45, 2.75) is 64.3 Å². The van der Waals surface area contributed by atoms with Crippen LogP contribution in [0.1, 0.15) is 59.3 Å². The summed E-state index contributed by atoms with van der Waals surface area (Å²) in [5, 5.41) is 21.1. The molecule has 0 bridgehead atoms. The van der Waals surface area contributed by atoms with Crippen LogP contribution in [-0.4, -0.2) is 73.5 Å². The van der Waals surface area contributed by atoms with Crippen LogP contribution in [0.2, 0.25) is 5.02 Å². The van der Waals surface area contributed by atoms with Crippen LogP contribution in [0.3, 0.4) is 0 Å². The molecule has 3 aromatic carbocycles. The predicted molar refractivity (Wildman–Crippen MR) is 211 cm³/mol. The molecule has 314 valence electrons. The van der Waals surface area contributed by atoms with Crippen molar-refractivity contribution in [3.05, 3.63) is 121 Å². The Bertz CT molecular complexity index is 2910. The van der Waals surface area contributed by atoms with E-state index in [0.717, 1.165) is 9.13 Å². The minimum Gasteiger partial charge on any atom is -0.325 e. The number of hydrogen-bond donors (Lipinski definition) is 3. The molecular weight excluding hydrogens is 825 g/mol. The molecular formula is C39H34ClF3N12O6. The van der Waals surface area contributed by atoms with Crippen LogP contribution in [0.5, 0.6) is 0 Å². The summed E-state index contributed by atoms with van der Waals surface area (Å²) in [6.45, 7) is -0.589. The molecule has 61 heavy (non-hydrogen) atoms. The van der Waals surface area contributed by atoms with Crippen LogP contribution < -0.4 is 27.3 Å². The van der Waals surface area contributed by atoms with Crippen molar-refractivity contribution < 1.29 is 32.3 Å². The average Bonchev–Trinajstić information content (AvgIpc) is 3.91. The van der Waals surface area contributed by atoms with Gasteiger partial charge in [0, 0.05) is 56.2 Å². The molecule has 2 aliphatic heterocycles. The van der Waals surface area contributed by atoms with Gasteiger partial charge in [0.05, 0.1) is 46.8 Å². The van der Waals surface area contributed by atoms with Crippen LogP contribution in [-0.2, 0) is 47.6 Å². The molecule has 6 aromatic rings. The summed E-state index contributed by atoms with van der Waals surface area (Å²) in [6.07, 6.45) is 4.51. The molecule has 3 N–H and O–H groups in total. The zero-order valence-electron chi connectivity index (χ0n) is 32.1. The number of hydrogen-bond acceptors (Lipinski definition) is 11. The first-order valence-electron chi connectivity index (χ1n) is 18.9. The molecule has 1 unspecified atom stereocenters. The standard InChI is InChI=1S/C39H34ClF3N12O6/c1-51-15-22-12-30(24(40)13-29(22)49-51)45-37-47-38(60)55(39(61)54(37)17-21-11-26(42)27(43)14-25(21)41)19-23-18-52(50-48-23)10-3-2-7-32(56)44-28-6-4-5-20-16-53(36(59)34(20)28)31-8-9-33(57)46-35(31)58/h4-6,11-15,18,31H,2-3,7-10,16-17,19H2,1H3,(H,44,56)(H,45,47,60)(H,46,57,58). The molecule has 22 heteroatoms. The first kappa shape index (κ1) is 40.6. The van der Waals surface area contributed by atoms with Gasteiger partial charge in [-0.05, 0) is 49.1 Å². The van der Waals surface area contributed by atoms with E-state index < -0.39 is 65.3 Å². The molecule has 3 aromatic heterocycles. The summed E-state index contributed by atoms with van der Waals surface area (Å²) in [4.78, 5) is 83.1. The Morgan fingerprint density at radius 2 is 1.75 bits per heavy atom. The van der Waals surface area contributed by atoms with Crippen LogP contribution in [0, 0.1) is 17.5 Å². The zero-order chi connectivity index (χ0) is 43.1. The fourth-order valence-electron chi connectivity index (χ4n) is 7.32. The van der Waals surface area contributed by atoms with E-state index in [4.69, 9.17) is 11.6 Å². The van der Waals surface area contributed by atoms with E-state index >= 15 is 0 Å². The summed E-state index contributed by atoms with van der Waals surface area (Å²) >= 11 is 6.48. The van der Waals surface area contributed by atoms with Crippen LogP contribution in [0.25, 0.3) is 10.9 Å². The molecule has 2 aliphatic rings. The van der Waals surface area contributed by atoms with Gasteiger partial charge in [0.1, 0.15) is 17.6 Å². The van der Waals surface area contributed by atoms with Gasteiger partial charge in [-0.25, -0.2) is 27.3 Å². The Balaban J connectivity index is 0.928. The van der Waals surface area contributed by atoms with Gasteiger partial charge in [-0.15, -0.1) is 5.10 Å². The first-order chi connectivity index (χ1) is 29.2. The van der Waals surface area contributed by atoms with Gasteiger partial charge in [0.25, 0.3) is 5.91 Å². The highest BCUT2D eigenvalue weighted by Gasteiger charge is 2.40. The lowest BCUT2D eigenvalue weighted by Gasteiger charge is -2.29. The predicted octanol–water partition coefficient (Wildman–Crippen LogP) is 3.36. The molecule has 8 rings (SSSR count). The third kappa shape index (κ3) is 8.36. The molecule has 0 aliphatic carbocycles. The maximum absolute atomic E-state index is 14.9. The number of nitrogens with zero attached hydrogens (tertiary/aromatic N) is 9. The largest absolute Gasteiger partial charge is 0.355 e. The molecule has 4 amide bonds. The van der Waals surface area contributed by atoms with Crippen molar-refractivity contribution >= 4 is 63.5 Å². The van der Waals surface area contributed by atoms with E-state index in [1.54, 1.807) is 48.3 Å². The van der Waals surface area contributed by atoms with Crippen LogP contribution in [0.4, 0.5) is 30.5 Å². The van der Waals surface area contributed by atoms with Gasteiger partial charge in [-0.1, -0.05) is 28.9 Å². The van der Waals surface area contributed by atoms with E-state index in [1.807, 2.05) is 0 Å². The average molecular weight is 859 g/mol. The molecule has 0 radical (unpaired) electrons. The molecule has 5 heterocycles. The fourth-order valence-corrected chi connectivity index (χ4v) is 7.52. The third-order valence-corrected chi connectivity index (χ3v) is 10.6. The SMILES string of the molecule is Cn1cc2cc(Nc3nc(=O)n(Cc4cn(CCCCC(=O)Nc5cccc6c5C(=O)N(C5CCC(=O)NC5=O)C6)nn4)c(=O)n3Cc3cc(F)c(F)cc3F)c(Cl)cc2n1. The Labute approximate surface area is 346 Å². The van der Waals surface area contributed by atoms with Crippen molar-refractivity contribution in [1.82, 2.24) is 49.1 Å². The summed E-state index contributed by atoms with van der Waals surface area (Å²) in [5.41, 5.74) is -0.154. The van der Waals surface area contributed by atoms with E-state index in [2.05, 4.69) is 36.3 Å². The van der Waals surface area contributed by atoms with Crippen molar-refractivity contribution in [3.8, 4) is 0 Å². The number of carbonyl (C=O) groups excluding carboxylic acids is 4. The lowest BCUT2D eigenvalue weighted by Crippen LogP contribution is -2.52. The Hall–Kier alpha value is -7.16. The molecule has 0 saturated carbocycles. The zero-order valence-corrected chi connectivity index (χ0v) is 32.9. The number of aryl methyl sites for hydroxylation is 2. The van der Waals surface area contributed by atoms with Gasteiger partial charge in [-0.2, -0.15) is 10.1 Å². The molecule has 1 atom stereocenters. The quantitative estimate of drug-likeness (QED) is 0.0871. The minimum atomic E-state index is -1.42. The summed E-state index contributed by atoms with van der Waals surface area (Å²) in [7, 11) is 1.71. The van der Waals surface area contributed by atoms with Crippen LogP contribution in [0.15, 0.2) is 64.4 Å². The van der Waals surface area contributed by atoms with E-state index in [9.17, 15) is 41.9 Å². The monoisotopic (exact) mass is 858 g/mol. The maximum Gasteiger partial charge on any atom is 0.355 e. The number of aromatic nitrogens is 8. The number of fused-ring (bicyclic) bond motifs is 2. The number of carbonyl (C=O) groups is 4. The summed E-state index contributed by atoms with van der Waals surface area (Å²) < 4.78 is 47.5. The van der Waals surface area contributed by atoms with Gasteiger partial charge in [0.15, 0.2) is 11.6 Å². The van der Waals surface area contributed by atoms with E-state index in [-0.39, 0.29) is 60.0 Å². The van der Waals surface area contributed by atoms with Crippen molar-refractivity contribution in [3.63, 3.8) is 0 Å². The number of amides is 4. The Kier molecular flexibility index (Phi) is 11.0. The second kappa shape index (κ2) is 16.5. The minimum absolute atomic E-state index is 0.0944.